The molecule has 0 saturated heterocycles. The van der Waals surface area contributed by atoms with Crippen LogP contribution >= 0.6 is 0 Å². The van der Waals surface area contributed by atoms with Gasteiger partial charge in [-0.1, -0.05) is 44.5 Å². The number of likely N-dealkylation sites (N-methyl/N-ethyl adjacent to an activating group) is 1. The average Bonchev–Trinajstić information content (AvgIpc) is 2.51. The summed E-state index contributed by atoms with van der Waals surface area (Å²) in [6.07, 6.45) is 2.25. The van der Waals surface area contributed by atoms with Crippen molar-refractivity contribution in [1.82, 2.24) is 5.32 Å². The summed E-state index contributed by atoms with van der Waals surface area (Å²) >= 11 is 0. The molecule has 2 heteroatoms. The number of rotatable bonds is 6. The summed E-state index contributed by atoms with van der Waals surface area (Å²) in [6, 6.07) is 13.4. The highest BCUT2D eigenvalue weighted by Gasteiger charge is 2.15. The molecule has 0 aliphatic heterocycles. The van der Waals surface area contributed by atoms with Crippen molar-refractivity contribution < 1.29 is 4.74 Å². The summed E-state index contributed by atoms with van der Waals surface area (Å²) in [5.41, 5.74) is 1.39. The maximum atomic E-state index is 5.36. The molecule has 0 aromatic heterocycles. The summed E-state index contributed by atoms with van der Waals surface area (Å²) in [6.45, 7) is 4.56. The second-order valence-electron chi connectivity index (χ2n) is 5.49. The van der Waals surface area contributed by atoms with E-state index in [-0.39, 0.29) is 0 Å². The van der Waals surface area contributed by atoms with Crippen molar-refractivity contribution in [3.05, 3.63) is 42.0 Å². The van der Waals surface area contributed by atoms with Crippen molar-refractivity contribution in [2.75, 3.05) is 14.2 Å². The highest BCUT2D eigenvalue weighted by atomic mass is 16.5. The van der Waals surface area contributed by atoms with E-state index < -0.39 is 0 Å². The van der Waals surface area contributed by atoms with Crippen LogP contribution in [0.15, 0.2) is 36.4 Å². The lowest BCUT2D eigenvalue weighted by atomic mass is 9.91. The predicted molar refractivity (Wildman–Crippen MR) is 86.5 cm³/mol. The van der Waals surface area contributed by atoms with Crippen LogP contribution in [0.4, 0.5) is 0 Å². The van der Waals surface area contributed by atoms with Gasteiger partial charge < -0.3 is 10.1 Å². The zero-order chi connectivity index (χ0) is 14.5. The number of methoxy groups -OCH3 is 1. The fourth-order valence-corrected chi connectivity index (χ4v) is 2.73. The van der Waals surface area contributed by atoms with E-state index in [9.17, 15) is 0 Å². The van der Waals surface area contributed by atoms with Gasteiger partial charge in [0.25, 0.3) is 0 Å². The van der Waals surface area contributed by atoms with Gasteiger partial charge >= 0.3 is 0 Å². The highest BCUT2D eigenvalue weighted by molar-refractivity contribution is 5.87. The van der Waals surface area contributed by atoms with E-state index in [4.69, 9.17) is 4.74 Å². The molecule has 0 aliphatic carbocycles. The summed E-state index contributed by atoms with van der Waals surface area (Å²) in [7, 11) is 3.78. The zero-order valence-corrected chi connectivity index (χ0v) is 12.9. The van der Waals surface area contributed by atoms with Gasteiger partial charge in [-0.3, -0.25) is 0 Å². The predicted octanol–water partition coefficient (Wildman–Crippen LogP) is 4.03. The lowest BCUT2D eigenvalue weighted by Gasteiger charge is -2.23. The number of nitrogens with one attached hydrogen (secondary N) is 1. The molecule has 2 nitrogen and oxygen atoms in total. The maximum absolute atomic E-state index is 5.36. The minimum Gasteiger partial charge on any atom is -0.497 e. The van der Waals surface area contributed by atoms with Gasteiger partial charge in [-0.2, -0.15) is 0 Å². The molecule has 0 fully saturated rings. The van der Waals surface area contributed by atoms with Gasteiger partial charge in [0.05, 0.1) is 7.11 Å². The maximum Gasteiger partial charge on any atom is 0.119 e. The van der Waals surface area contributed by atoms with Crippen molar-refractivity contribution in [3.63, 3.8) is 0 Å². The number of ether oxygens (including phenoxy) is 1. The fourth-order valence-electron chi connectivity index (χ4n) is 2.73. The van der Waals surface area contributed by atoms with Crippen LogP contribution in [0.1, 0.15) is 25.8 Å². The van der Waals surface area contributed by atoms with Gasteiger partial charge in [-0.25, -0.2) is 0 Å². The van der Waals surface area contributed by atoms with Crippen LogP contribution in [-0.2, 0) is 6.42 Å². The summed E-state index contributed by atoms with van der Waals surface area (Å²) < 4.78 is 5.36. The first-order chi connectivity index (χ1) is 9.69. The summed E-state index contributed by atoms with van der Waals surface area (Å²) in [5.74, 6) is 1.59. The smallest absolute Gasteiger partial charge is 0.119 e. The molecule has 0 radical (unpaired) electrons. The molecule has 0 heterocycles. The van der Waals surface area contributed by atoms with Gasteiger partial charge in [0.15, 0.2) is 0 Å². The standard InChI is InChI=1S/C18H25NO/c1-5-13(2)18(19-3)11-15-8-6-7-14-9-10-16(20-4)12-17(14)15/h6-10,12-13,18-19H,5,11H2,1-4H3. The molecule has 2 unspecified atom stereocenters. The highest BCUT2D eigenvalue weighted by Crippen LogP contribution is 2.26. The molecule has 0 amide bonds. The van der Waals surface area contributed by atoms with Gasteiger partial charge in [-0.15, -0.1) is 0 Å². The molecule has 0 spiro atoms. The SMILES string of the molecule is CCC(C)C(Cc1cccc2ccc(OC)cc12)NC. The van der Waals surface area contributed by atoms with Crippen molar-refractivity contribution in [1.29, 1.82) is 0 Å². The van der Waals surface area contributed by atoms with Crippen molar-refractivity contribution in [2.24, 2.45) is 5.92 Å². The Morgan fingerprint density at radius 3 is 2.65 bits per heavy atom. The van der Waals surface area contributed by atoms with Crippen molar-refractivity contribution >= 4 is 10.8 Å². The lowest BCUT2D eigenvalue weighted by Crippen LogP contribution is -2.33. The van der Waals surface area contributed by atoms with E-state index in [2.05, 4.69) is 56.5 Å². The van der Waals surface area contributed by atoms with E-state index in [1.807, 2.05) is 6.07 Å². The third-order valence-electron chi connectivity index (χ3n) is 4.32. The molecule has 2 aromatic carbocycles. The fraction of sp³-hybridized carbons (Fsp3) is 0.444. The molecule has 2 aromatic rings. The largest absolute Gasteiger partial charge is 0.497 e. The van der Waals surface area contributed by atoms with E-state index in [0.29, 0.717) is 12.0 Å². The van der Waals surface area contributed by atoms with Crippen LogP contribution in [0.25, 0.3) is 10.8 Å². The van der Waals surface area contributed by atoms with Gasteiger partial charge in [0, 0.05) is 6.04 Å². The summed E-state index contributed by atoms with van der Waals surface area (Å²) in [5, 5.41) is 6.04. The Labute approximate surface area is 122 Å². The zero-order valence-electron chi connectivity index (χ0n) is 12.9. The van der Waals surface area contributed by atoms with E-state index in [0.717, 1.165) is 12.2 Å². The van der Waals surface area contributed by atoms with Crippen LogP contribution in [0.2, 0.25) is 0 Å². The first-order valence-corrected chi connectivity index (χ1v) is 7.42. The van der Waals surface area contributed by atoms with Gasteiger partial charge in [-0.05, 0) is 47.9 Å². The van der Waals surface area contributed by atoms with Crippen LogP contribution in [0.5, 0.6) is 5.75 Å². The van der Waals surface area contributed by atoms with Gasteiger partial charge in [0.2, 0.25) is 0 Å². The number of hydrogen-bond acceptors (Lipinski definition) is 2. The Balaban J connectivity index is 2.37. The Kier molecular flexibility index (Phi) is 5.02. The normalized spacial score (nSPS) is 14.2. The first kappa shape index (κ1) is 14.9. The molecule has 2 atom stereocenters. The van der Waals surface area contributed by atoms with E-state index in [1.54, 1.807) is 7.11 Å². The molecule has 0 aliphatic rings. The molecule has 20 heavy (non-hydrogen) atoms. The molecular formula is C18H25NO. The van der Waals surface area contributed by atoms with E-state index in [1.165, 1.54) is 22.8 Å². The average molecular weight is 271 g/mol. The van der Waals surface area contributed by atoms with Crippen LogP contribution < -0.4 is 10.1 Å². The Morgan fingerprint density at radius 2 is 2.00 bits per heavy atom. The molecule has 108 valence electrons. The van der Waals surface area contributed by atoms with Crippen LogP contribution in [0.3, 0.4) is 0 Å². The molecule has 0 bridgehead atoms. The Bertz CT molecular complexity index is 564. The van der Waals surface area contributed by atoms with Crippen molar-refractivity contribution in [3.8, 4) is 5.75 Å². The minimum atomic E-state index is 0.511. The topological polar surface area (TPSA) is 21.3 Å². The Morgan fingerprint density at radius 1 is 1.20 bits per heavy atom. The summed E-state index contributed by atoms with van der Waals surface area (Å²) in [4.78, 5) is 0. The lowest BCUT2D eigenvalue weighted by molar-refractivity contribution is 0.387. The Hall–Kier alpha value is -1.54. The minimum absolute atomic E-state index is 0.511. The third kappa shape index (κ3) is 3.13. The van der Waals surface area contributed by atoms with Crippen LogP contribution in [0, 0.1) is 5.92 Å². The van der Waals surface area contributed by atoms with E-state index >= 15 is 0 Å². The second-order valence-corrected chi connectivity index (χ2v) is 5.49. The number of fused-ring (bicyclic) bond motifs is 1. The molecule has 1 N–H and O–H groups in total. The third-order valence-corrected chi connectivity index (χ3v) is 4.32. The van der Waals surface area contributed by atoms with Crippen LogP contribution in [-0.4, -0.2) is 20.2 Å². The quantitative estimate of drug-likeness (QED) is 0.856. The number of hydrogen-bond donors (Lipinski definition) is 1. The molecule has 2 rings (SSSR count). The van der Waals surface area contributed by atoms with Crippen molar-refractivity contribution in [2.45, 2.75) is 32.7 Å². The first-order valence-electron chi connectivity index (χ1n) is 7.42. The molecular weight excluding hydrogens is 246 g/mol. The monoisotopic (exact) mass is 271 g/mol. The number of benzene rings is 2. The molecule has 0 saturated carbocycles. The second kappa shape index (κ2) is 6.76. The van der Waals surface area contributed by atoms with Gasteiger partial charge in [0.1, 0.15) is 5.75 Å².